The highest BCUT2D eigenvalue weighted by Crippen LogP contribution is 2.20. The first-order valence-electron chi connectivity index (χ1n) is 9.19. The summed E-state index contributed by atoms with van der Waals surface area (Å²) in [6.45, 7) is 4.83. The van der Waals surface area contributed by atoms with E-state index in [9.17, 15) is 9.59 Å². The molecule has 0 aromatic heterocycles. The molecule has 0 unspecified atom stereocenters. The summed E-state index contributed by atoms with van der Waals surface area (Å²) in [5, 5.41) is 3.32. The van der Waals surface area contributed by atoms with Gasteiger partial charge in [-0.2, -0.15) is 0 Å². The summed E-state index contributed by atoms with van der Waals surface area (Å²) in [7, 11) is 0. The number of likely N-dealkylation sites (tertiary alicyclic amines) is 1. The van der Waals surface area contributed by atoms with Crippen molar-refractivity contribution in [3.63, 3.8) is 0 Å². The van der Waals surface area contributed by atoms with Gasteiger partial charge < -0.3 is 19.9 Å². The minimum atomic E-state index is -0.00581. The van der Waals surface area contributed by atoms with Crippen molar-refractivity contribution in [1.29, 1.82) is 0 Å². The normalized spacial score (nSPS) is 19.4. The second-order valence-corrected chi connectivity index (χ2v) is 6.69. The zero-order chi connectivity index (χ0) is 17.5. The van der Waals surface area contributed by atoms with Crippen LogP contribution in [0.15, 0.2) is 30.3 Å². The SMILES string of the molecule is O=C(COc1ccccc1)N1CCC(C(=O)N2CCCNCC2)CC1. The number of hydrogen-bond donors (Lipinski definition) is 1. The molecule has 1 N–H and O–H groups in total. The van der Waals surface area contributed by atoms with E-state index >= 15 is 0 Å². The van der Waals surface area contributed by atoms with Crippen LogP contribution >= 0.6 is 0 Å². The minimum absolute atomic E-state index is 0.00581. The van der Waals surface area contributed by atoms with E-state index in [0.29, 0.717) is 18.8 Å². The third-order valence-corrected chi connectivity index (χ3v) is 4.95. The van der Waals surface area contributed by atoms with Crippen molar-refractivity contribution in [3.05, 3.63) is 30.3 Å². The minimum Gasteiger partial charge on any atom is -0.484 e. The highest BCUT2D eigenvalue weighted by atomic mass is 16.5. The average molecular weight is 345 g/mol. The lowest BCUT2D eigenvalue weighted by molar-refractivity contribution is -0.141. The number of carbonyl (C=O) groups is 2. The van der Waals surface area contributed by atoms with Crippen molar-refractivity contribution >= 4 is 11.8 Å². The molecule has 1 aromatic rings. The Bertz CT molecular complexity index is 563. The summed E-state index contributed by atoms with van der Waals surface area (Å²) in [6.07, 6.45) is 2.51. The molecule has 2 aliphatic rings. The van der Waals surface area contributed by atoms with Crippen LogP contribution in [0.25, 0.3) is 0 Å². The Labute approximate surface area is 149 Å². The van der Waals surface area contributed by atoms with E-state index in [0.717, 1.165) is 45.4 Å². The van der Waals surface area contributed by atoms with Crippen molar-refractivity contribution in [1.82, 2.24) is 15.1 Å². The maximum Gasteiger partial charge on any atom is 0.260 e. The molecular weight excluding hydrogens is 318 g/mol. The number of para-hydroxylation sites is 1. The molecule has 0 spiro atoms. The molecular formula is C19H27N3O3. The summed E-state index contributed by atoms with van der Waals surface area (Å²) >= 11 is 0. The van der Waals surface area contributed by atoms with Crippen LogP contribution in [0.4, 0.5) is 0 Å². The highest BCUT2D eigenvalue weighted by molar-refractivity contribution is 5.80. The topological polar surface area (TPSA) is 61.9 Å². The van der Waals surface area contributed by atoms with Crippen LogP contribution in [-0.2, 0) is 9.59 Å². The van der Waals surface area contributed by atoms with E-state index in [4.69, 9.17) is 4.74 Å². The quantitative estimate of drug-likeness (QED) is 0.889. The fourth-order valence-electron chi connectivity index (χ4n) is 3.45. The third-order valence-electron chi connectivity index (χ3n) is 4.95. The molecule has 2 amide bonds. The van der Waals surface area contributed by atoms with Gasteiger partial charge in [0.2, 0.25) is 5.91 Å². The van der Waals surface area contributed by atoms with Gasteiger partial charge in [-0.1, -0.05) is 18.2 Å². The van der Waals surface area contributed by atoms with Crippen molar-refractivity contribution in [2.75, 3.05) is 45.9 Å². The van der Waals surface area contributed by atoms with Gasteiger partial charge in [-0.3, -0.25) is 9.59 Å². The number of amides is 2. The molecule has 0 atom stereocenters. The lowest BCUT2D eigenvalue weighted by atomic mass is 9.95. The van der Waals surface area contributed by atoms with Crippen LogP contribution < -0.4 is 10.1 Å². The summed E-state index contributed by atoms with van der Waals surface area (Å²) in [6, 6.07) is 9.36. The molecule has 0 saturated carbocycles. The summed E-state index contributed by atoms with van der Waals surface area (Å²) in [5.74, 6) is 1.01. The highest BCUT2D eigenvalue weighted by Gasteiger charge is 2.30. The predicted molar refractivity (Wildman–Crippen MR) is 95.3 cm³/mol. The van der Waals surface area contributed by atoms with Crippen molar-refractivity contribution in [2.45, 2.75) is 19.3 Å². The van der Waals surface area contributed by atoms with E-state index in [-0.39, 0.29) is 24.3 Å². The van der Waals surface area contributed by atoms with E-state index in [1.165, 1.54) is 0 Å². The van der Waals surface area contributed by atoms with Gasteiger partial charge in [0.05, 0.1) is 0 Å². The van der Waals surface area contributed by atoms with Gasteiger partial charge in [0, 0.05) is 38.6 Å². The van der Waals surface area contributed by atoms with Crippen molar-refractivity contribution in [2.24, 2.45) is 5.92 Å². The summed E-state index contributed by atoms with van der Waals surface area (Å²) in [5.41, 5.74) is 0. The Morgan fingerprint density at radius 1 is 1.00 bits per heavy atom. The second-order valence-electron chi connectivity index (χ2n) is 6.69. The van der Waals surface area contributed by atoms with Crippen molar-refractivity contribution < 1.29 is 14.3 Å². The van der Waals surface area contributed by atoms with Gasteiger partial charge in [-0.25, -0.2) is 0 Å². The number of rotatable bonds is 4. The van der Waals surface area contributed by atoms with Crippen LogP contribution in [0, 0.1) is 5.92 Å². The van der Waals surface area contributed by atoms with Gasteiger partial charge in [-0.15, -0.1) is 0 Å². The number of carbonyl (C=O) groups excluding carboxylic acids is 2. The number of nitrogens with zero attached hydrogens (tertiary/aromatic N) is 2. The number of piperidine rings is 1. The molecule has 1 aromatic carbocycles. The zero-order valence-electron chi connectivity index (χ0n) is 14.7. The third kappa shape index (κ3) is 4.95. The monoisotopic (exact) mass is 345 g/mol. The lowest BCUT2D eigenvalue weighted by Gasteiger charge is -2.34. The van der Waals surface area contributed by atoms with E-state index in [2.05, 4.69) is 5.32 Å². The number of nitrogens with one attached hydrogen (secondary N) is 1. The molecule has 0 bridgehead atoms. The lowest BCUT2D eigenvalue weighted by Crippen LogP contribution is -2.46. The second kappa shape index (κ2) is 8.85. The molecule has 3 rings (SSSR count). The Morgan fingerprint density at radius 3 is 2.52 bits per heavy atom. The first-order valence-corrected chi connectivity index (χ1v) is 9.19. The zero-order valence-corrected chi connectivity index (χ0v) is 14.7. The molecule has 0 aliphatic carbocycles. The standard InChI is InChI=1S/C19H27N3O3/c23-18(15-25-17-5-2-1-3-6-17)21-12-7-16(8-13-21)19(24)22-11-4-9-20-10-14-22/h1-3,5-6,16,20H,4,7-15H2. The van der Waals surface area contributed by atoms with Crippen molar-refractivity contribution in [3.8, 4) is 5.75 Å². The molecule has 2 aliphatic heterocycles. The van der Waals surface area contributed by atoms with Crippen LogP contribution in [-0.4, -0.2) is 67.5 Å². The number of ether oxygens (including phenoxy) is 1. The molecule has 25 heavy (non-hydrogen) atoms. The van der Waals surface area contributed by atoms with Gasteiger partial charge in [0.1, 0.15) is 5.75 Å². The van der Waals surface area contributed by atoms with E-state index in [1.807, 2.05) is 40.1 Å². The molecule has 136 valence electrons. The molecule has 2 fully saturated rings. The van der Waals surface area contributed by atoms with Crippen LogP contribution in [0.3, 0.4) is 0 Å². The summed E-state index contributed by atoms with van der Waals surface area (Å²) < 4.78 is 5.53. The first-order chi connectivity index (χ1) is 12.2. The first kappa shape index (κ1) is 17.7. The largest absolute Gasteiger partial charge is 0.484 e. The number of benzene rings is 1. The average Bonchev–Trinajstić information content (AvgIpc) is 2.96. The Morgan fingerprint density at radius 2 is 1.76 bits per heavy atom. The number of hydrogen-bond acceptors (Lipinski definition) is 4. The molecule has 0 radical (unpaired) electrons. The maximum atomic E-state index is 12.7. The predicted octanol–water partition coefficient (Wildman–Crippen LogP) is 1.13. The van der Waals surface area contributed by atoms with Crippen LogP contribution in [0.1, 0.15) is 19.3 Å². The van der Waals surface area contributed by atoms with E-state index < -0.39 is 0 Å². The smallest absolute Gasteiger partial charge is 0.260 e. The molecule has 2 heterocycles. The Balaban J connectivity index is 1.43. The molecule has 2 saturated heterocycles. The van der Waals surface area contributed by atoms with Crippen LogP contribution in [0.5, 0.6) is 5.75 Å². The van der Waals surface area contributed by atoms with Crippen LogP contribution in [0.2, 0.25) is 0 Å². The van der Waals surface area contributed by atoms with Gasteiger partial charge >= 0.3 is 0 Å². The Kier molecular flexibility index (Phi) is 6.28. The van der Waals surface area contributed by atoms with Gasteiger partial charge in [0.25, 0.3) is 5.91 Å². The molecule has 6 nitrogen and oxygen atoms in total. The fourth-order valence-corrected chi connectivity index (χ4v) is 3.45. The fraction of sp³-hybridized carbons (Fsp3) is 0.579. The summed E-state index contributed by atoms with van der Waals surface area (Å²) in [4.78, 5) is 28.8. The van der Waals surface area contributed by atoms with Gasteiger partial charge in [0.15, 0.2) is 6.61 Å². The van der Waals surface area contributed by atoms with Gasteiger partial charge in [-0.05, 0) is 37.9 Å². The molecule has 6 heteroatoms. The maximum absolute atomic E-state index is 12.7. The Hall–Kier alpha value is -2.08. The van der Waals surface area contributed by atoms with E-state index in [1.54, 1.807) is 0 Å².